The molecule has 0 aliphatic carbocycles. The SMILES string of the molecule is CNc1cc(/C(N)=C/C=C\CNCC2CCOCC2)c(Cl)cn1. The standard InChI is InChI=1S/C17H25ClN4O/c1-20-17-10-14(15(18)12-22-17)16(19)4-2-3-7-21-11-13-5-8-23-9-6-13/h2-4,10,12-13,21H,5-9,11,19H2,1H3,(H,20,22)/b3-2-,16-4-. The molecule has 1 aromatic rings. The fourth-order valence-corrected chi connectivity index (χ4v) is 2.66. The summed E-state index contributed by atoms with van der Waals surface area (Å²) in [5.74, 6) is 1.47. The maximum Gasteiger partial charge on any atom is 0.126 e. The first kappa shape index (κ1) is 17.8. The van der Waals surface area contributed by atoms with Gasteiger partial charge in [0, 0.05) is 44.3 Å². The topological polar surface area (TPSA) is 72.2 Å². The van der Waals surface area contributed by atoms with E-state index >= 15 is 0 Å². The van der Waals surface area contributed by atoms with Gasteiger partial charge in [0.15, 0.2) is 0 Å². The summed E-state index contributed by atoms with van der Waals surface area (Å²) in [5, 5.41) is 6.96. The lowest BCUT2D eigenvalue weighted by molar-refractivity contribution is 0.0666. The summed E-state index contributed by atoms with van der Waals surface area (Å²) in [4.78, 5) is 4.14. The lowest BCUT2D eigenvalue weighted by Gasteiger charge is -2.21. The van der Waals surface area contributed by atoms with Crippen LogP contribution in [0.15, 0.2) is 30.5 Å². The quantitative estimate of drug-likeness (QED) is 0.527. The summed E-state index contributed by atoms with van der Waals surface area (Å²) in [6.07, 6.45) is 9.76. The molecule has 0 radical (unpaired) electrons. The number of pyridine rings is 1. The second-order valence-corrected chi connectivity index (χ2v) is 5.97. The van der Waals surface area contributed by atoms with Gasteiger partial charge in [-0.1, -0.05) is 23.8 Å². The number of halogens is 1. The highest BCUT2D eigenvalue weighted by Gasteiger charge is 2.12. The smallest absolute Gasteiger partial charge is 0.126 e. The molecule has 2 rings (SSSR count). The zero-order chi connectivity index (χ0) is 16.5. The third kappa shape index (κ3) is 5.86. The summed E-state index contributed by atoms with van der Waals surface area (Å²) in [5.41, 5.74) is 7.49. The van der Waals surface area contributed by atoms with Crippen LogP contribution in [0.4, 0.5) is 5.82 Å². The Morgan fingerprint density at radius 1 is 1.48 bits per heavy atom. The average Bonchev–Trinajstić information content (AvgIpc) is 2.59. The molecule has 0 saturated carbocycles. The summed E-state index contributed by atoms with van der Waals surface area (Å²) >= 11 is 6.14. The Labute approximate surface area is 143 Å². The maximum absolute atomic E-state index is 6.14. The first-order chi connectivity index (χ1) is 11.2. The molecule has 1 aliphatic rings. The second kappa shape index (κ2) is 9.55. The molecule has 1 aromatic heterocycles. The monoisotopic (exact) mass is 336 g/mol. The minimum Gasteiger partial charge on any atom is -0.398 e. The van der Waals surface area contributed by atoms with E-state index in [-0.39, 0.29) is 0 Å². The van der Waals surface area contributed by atoms with E-state index in [1.165, 1.54) is 0 Å². The van der Waals surface area contributed by atoms with Crippen LogP contribution >= 0.6 is 11.6 Å². The molecule has 2 heterocycles. The highest BCUT2D eigenvalue weighted by Crippen LogP contribution is 2.22. The molecule has 23 heavy (non-hydrogen) atoms. The molecule has 4 N–H and O–H groups in total. The maximum atomic E-state index is 6.14. The van der Waals surface area contributed by atoms with Crippen LogP contribution in [0.2, 0.25) is 5.02 Å². The Morgan fingerprint density at radius 2 is 2.26 bits per heavy atom. The van der Waals surface area contributed by atoms with Crippen molar-refractivity contribution in [1.29, 1.82) is 0 Å². The van der Waals surface area contributed by atoms with Gasteiger partial charge in [0.2, 0.25) is 0 Å². The van der Waals surface area contributed by atoms with E-state index in [1.54, 1.807) is 6.20 Å². The van der Waals surface area contributed by atoms with Gasteiger partial charge < -0.3 is 21.1 Å². The Bertz CT molecular complexity index is 554. The van der Waals surface area contributed by atoms with Gasteiger partial charge in [-0.15, -0.1) is 0 Å². The Kier molecular flexibility index (Phi) is 7.39. The number of nitrogens with zero attached hydrogens (tertiary/aromatic N) is 1. The van der Waals surface area contributed by atoms with E-state index < -0.39 is 0 Å². The van der Waals surface area contributed by atoms with Crippen LogP contribution < -0.4 is 16.4 Å². The van der Waals surface area contributed by atoms with Gasteiger partial charge in [0.25, 0.3) is 0 Å². The van der Waals surface area contributed by atoms with Crippen molar-refractivity contribution < 1.29 is 4.74 Å². The van der Waals surface area contributed by atoms with E-state index in [9.17, 15) is 0 Å². The lowest BCUT2D eigenvalue weighted by atomic mass is 10.0. The molecule has 1 aliphatic heterocycles. The van der Waals surface area contributed by atoms with Crippen LogP contribution in [-0.2, 0) is 4.74 Å². The molecule has 0 spiro atoms. The van der Waals surface area contributed by atoms with Crippen molar-refractivity contribution in [3.8, 4) is 0 Å². The number of ether oxygens (including phenoxy) is 1. The van der Waals surface area contributed by atoms with Gasteiger partial charge >= 0.3 is 0 Å². The molecule has 1 fully saturated rings. The highest BCUT2D eigenvalue weighted by atomic mass is 35.5. The largest absolute Gasteiger partial charge is 0.398 e. The minimum absolute atomic E-state index is 0.545. The number of nitrogens with two attached hydrogens (primary N) is 1. The van der Waals surface area contributed by atoms with Gasteiger partial charge in [-0.05, 0) is 37.4 Å². The van der Waals surface area contributed by atoms with Crippen molar-refractivity contribution in [3.05, 3.63) is 41.1 Å². The Balaban J connectivity index is 1.79. The fourth-order valence-electron chi connectivity index (χ4n) is 2.45. The summed E-state index contributed by atoms with van der Waals surface area (Å²) in [6.45, 7) is 3.65. The van der Waals surface area contributed by atoms with Crippen LogP contribution in [0, 0.1) is 5.92 Å². The molecular formula is C17H25ClN4O. The molecule has 1 saturated heterocycles. The number of anilines is 1. The minimum atomic E-state index is 0.545. The molecule has 6 heteroatoms. The summed E-state index contributed by atoms with van der Waals surface area (Å²) < 4.78 is 5.36. The van der Waals surface area contributed by atoms with E-state index in [0.29, 0.717) is 10.7 Å². The number of nitrogens with one attached hydrogen (secondary N) is 2. The first-order valence-corrected chi connectivity index (χ1v) is 8.33. The molecular weight excluding hydrogens is 312 g/mol. The Hall–Kier alpha value is -1.56. The van der Waals surface area contributed by atoms with E-state index in [2.05, 4.69) is 21.7 Å². The predicted molar refractivity (Wildman–Crippen MR) is 96.5 cm³/mol. The molecule has 0 bridgehead atoms. The van der Waals surface area contributed by atoms with Crippen molar-refractivity contribution in [1.82, 2.24) is 10.3 Å². The van der Waals surface area contributed by atoms with Gasteiger partial charge in [-0.25, -0.2) is 4.98 Å². The number of hydrogen-bond acceptors (Lipinski definition) is 5. The number of rotatable bonds is 7. The first-order valence-electron chi connectivity index (χ1n) is 7.95. The van der Waals surface area contributed by atoms with Crippen molar-refractivity contribution in [3.63, 3.8) is 0 Å². The second-order valence-electron chi connectivity index (χ2n) is 5.56. The molecule has 0 atom stereocenters. The van der Waals surface area contributed by atoms with E-state index in [1.807, 2.05) is 25.3 Å². The molecule has 0 aromatic carbocycles. The van der Waals surface area contributed by atoms with Crippen LogP contribution in [0.1, 0.15) is 18.4 Å². The summed E-state index contributed by atoms with van der Waals surface area (Å²) in [6, 6.07) is 1.84. The number of hydrogen-bond donors (Lipinski definition) is 3. The van der Waals surface area contributed by atoms with Crippen molar-refractivity contribution in [2.24, 2.45) is 11.7 Å². The molecule has 126 valence electrons. The van der Waals surface area contributed by atoms with Crippen LogP contribution in [-0.4, -0.2) is 38.3 Å². The third-order valence-electron chi connectivity index (χ3n) is 3.87. The predicted octanol–water partition coefficient (Wildman–Crippen LogP) is 2.65. The van der Waals surface area contributed by atoms with Crippen molar-refractivity contribution >= 4 is 23.1 Å². The Morgan fingerprint density at radius 3 is 3.00 bits per heavy atom. The van der Waals surface area contributed by atoms with Gasteiger partial charge in [0.1, 0.15) is 5.82 Å². The fraction of sp³-hybridized carbons (Fsp3) is 0.471. The van der Waals surface area contributed by atoms with Crippen molar-refractivity contribution in [2.45, 2.75) is 12.8 Å². The van der Waals surface area contributed by atoms with Crippen LogP contribution in [0.5, 0.6) is 0 Å². The summed E-state index contributed by atoms with van der Waals surface area (Å²) in [7, 11) is 1.81. The zero-order valence-electron chi connectivity index (χ0n) is 13.5. The molecule has 5 nitrogen and oxygen atoms in total. The molecule has 0 amide bonds. The normalized spacial score (nSPS) is 16.9. The third-order valence-corrected chi connectivity index (χ3v) is 4.17. The van der Waals surface area contributed by atoms with Gasteiger partial charge in [-0.2, -0.15) is 0 Å². The molecule has 0 unspecified atom stereocenters. The van der Waals surface area contributed by atoms with Crippen molar-refractivity contribution in [2.75, 3.05) is 38.7 Å². The number of allylic oxidation sites excluding steroid dienone is 2. The average molecular weight is 337 g/mol. The van der Waals surface area contributed by atoms with E-state index in [4.69, 9.17) is 22.1 Å². The lowest BCUT2D eigenvalue weighted by Crippen LogP contribution is -2.27. The zero-order valence-corrected chi connectivity index (χ0v) is 14.3. The number of aromatic nitrogens is 1. The van der Waals surface area contributed by atoms with Crippen LogP contribution in [0.3, 0.4) is 0 Å². The van der Waals surface area contributed by atoms with E-state index in [0.717, 1.165) is 56.4 Å². The van der Waals surface area contributed by atoms with Crippen LogP contribution in [0.25, 0.3) is 5.70 Å². The highest BCUT2D eigenvalue weighted by molar-refractivity contribution is 6.32. The van der Waals surface area contributed by atoms with Gasteiger partial charge in [-0.3, -0.25) is 0 Å². The van der Waals surface area contributed by atoms with Gasteiger partial charge in [0.05, 0.1) is 5.02 Å².